The molecule has 0 aromatic carbocycles. The third-order valence-corrected chi connectivity index (χ3v) is 6.25. The van der Waals surface area contributed by atoms with Gasteiger partial charge in [-0.1, -0.05) is 12.1 Å². The normalized spacial score (nSPS) is 19.4. The number of hydrogen-bond acceptors (Lipinski definition) is 6. The van der Waals surface area contributed by atoms with Crippen LogP contribution >= 0.6 is 11.3 Å². The molecule has 144 valence electrons. The molecule has 2 aliphatic heterocycles. The summed E-state index contributed by atoms with van der Waals surface area (Å²) in [6.07, 6.45) is 1.82. The van der Waals surface area contributed by atoms with E-state index in [1.165, 1.54) is 4.88 Å². The minimum Gasteiger partial charge on any atom is -0.353 e. The van der Waals surface area contributed by atoms with Crippen molar-refractivity contribution in [2.45, 2.75) is 6.54 Å². The number of carbonyl (C=O) groups is 1. The Balaban J connectivity index is 1.19. The molecule has 0 aliphatic carbocycles. The molecule has 0 atom stereocenters. The van der Waals surface area contributed by atoms with Gasteiger partial charge in [-0.25, -0.2) is 4.98 Å². The van der Waals surface area contributed by atoms with Gasteiger partial charge in [0.1, 0.15) is 5.82 Å². The number of amides is 1. The van der Waals surface area contributed by atoms with Gasteiger partial charge in [0.2, 0.25) is 5.91 Å². The van der Waals surface area contributed by atoms with E-state index in [1.807, 2.05) is 40.6 Å². The molecular formula is C20H27N5OS. The van der Waals surface area contributed by atoms with Crippen LogP contribution in [0.4, 0.5) is 5.82 Å². The molecule has 0 N–H and O–H groups in total. The zero-order valence-electron chi connectivity index (χ0n) is 15.7. The van der Waals surface area contributed by atoms with E-state index in [-0.39, 0.29) is 5.91 Å². The molecule has 0 saturated carbocycles. The number of hydrogen-bond donors (Lipinski definition) is 0. The summed E-state index contributed by atoms with van der Waals surface area (Å²) >= 11 is 1.82. The predicted molar refractivity (Wildman–Crippen MR) is 109 cm³/mol. The number of pyridine rings is 1. The summed E-state index contributed by atoms with van der Waals surface area (Å²) in [6, 6.07) is 10.3. The summed E-state index contributed by atoms with van der Waals surface area (Å²) in [5.74, 6) is 1.27. The Hall–Kier alpha value is -1.96. The topological polar surface area (TPSA) is 42.9 Å². The summed E-state index contributed by atoms with van der Waals surface area (Å²) in [6.45, 7) is 8.91. The Bertz CT molecular complexity index is 707. The second kappa shape index (κ2) is 8.82. The monoisotopic (exact) mass is 385 g/mol. The van der Waals surface area contributed by atoms with Gasteiger partial charge in [0.05, 0.1) is 6.54 Å². The van der Waals surface area contributed by atoms with Crippen LogP contribution in [0, 0.1) is 0 Å². The Morgan fingerprint density at radius 2 is 1.70 bits per heavy atom. The van der Waals surface area contributed by atoms with Gasteiger partial charge in [0, 0.05) is 70.0 Å². The van der Waals surface area contributed by atoms with Gasteiger partial charge in [0.25, 0.3) is 0 Å². The Morgan fingerprint density at radius 1 is 0.926 bits per heavy atom. The maximum atomic E-state index is 12.7. The van der Waals surface area contributed by atoms with Crippen LogP contribution in [0.25, 0.3) is 0 Å². The summed E-state index contributed by atoms with van der Waals surface area (Å²) < 4.78 is 0. The number of anilines is 1. The van der Waals surface area contributed by atoms with Crippen molar-refractivity contribution in [2.24, 2.45) is 0 Å². The SMILES string of the molecule is O=C(CN1CCN(Cc2cccs2)CC1)N1CCN(c2ccccn2)CC1. The van der Waals surface area contributed by atoms with Gasteiger partial charge in [-0.2, -0.15) is 0 Å². The maximum Gasteiger partial charge on any atom is 0.236 e. The van der Waals surface area contributed by atoms with Crippen LogP contribution in [0.5, 0.6) is 0 Å². The second-order valence-electron chi connectivity index (χ2n) is 7.19. The molecule has 2 aliphatic rings. The molecule has 7 heteroatoms. The van der Waals surface area contributed by atoms with E-state index >= 15 is 0 Å². The number of thiophene rings is 1. The average Bonchev–Trinajstić information content (AvgIpc) is 3.23. The lowest BCUT2D eigenvalue weighted by atomic mass is 10.2. The van der Waals surface area contributed by atoms with Crippen molar-refractivity contribution in [2.75, 3.05) is 63.8 Å². The Kier molecular flexibility index (Phi) is 6.01. The van der Waals surface area contributed by atoms with Crippen molar-refractivity contribution >= 4 is 23.1 Å². The highest BCUT2D eigenvalue weighted by molar-refractivity contribution is 7.09. The quantitative estimate of drug-likeness (QED) is 0.782. The van der Waals surface area contributed by atoms with Gasteiger partial charge in [-0.3, -0.25) is 14.6 Å². The molecule has 0 unspecified atom stereocenters. The second-order valence-corrected chi connectivity index (χ2v) is 8.22. The van der Waals surface area contributed by atoms with Crippen LogP contribution in [-0.2, 0) is 11.3 Å². The van der Waals surface area contributed by atoms with Crippen LogP contribution in [0.3, 0.4) is 0 Å². The minimum atomic E-state index is 0.266. The van der Waals surface area contributed by atoms with Gasteiger partial charge in [-0.15, -0.1) is 11.3 Å². The van der Waals surface area contributed by atoms with E-state index in [0.717, 1.165) is 64.7 Å². The lowest BCUT2D eigenvalue weighted by molar-refractivity contribution is -0.133. The zero-order valence-corrected chi connectivity index (χ0v) is 16.5. The fourth-order valence-electron chi connectivity index (χ4n) is 3.75. The first-order valence-corrected chi connectivity index (χ1v) is 10.6. The third kappa shape index (κ3) is 4.86. The van der Waals surface area contributed by atoms with Gasteiger partial charge in [-0.05, 0) is 23.6 Å². The van der Waals surface area contributed by atoms with Gasteiger partial charge >= 0.3 is 0 Å². The van der Waals surface area contributed by atoms with Crippen molar-refractivity contribution in [1.29, 1.82) is 0 Å². The molecular weight excluding hydrogens is 358 g/mol. The zero-order chi connectivity index (χ0) is 18.5. The summed E-state index contributed by atoms with van der Waals surface area (Å²) in [5.41, 5.74) is 0. The number of carbonyl (C=O) groups excluding carboxylic acids is 1. The van der Waals surface area contributed by atoms with E-state index in [0.29, 0.717) is 6.54 Å². The van der Waals surface area contributed by atoms with Crippen molar-refractivity contribution < 1.29 is 4.79 Å². The molecule has 2 aromatic heterocycles. The van der Waals surface area contributed by atoms with Gasteiger partial charge in [0.15, 0.2) is 0 Å². The average molecular weight is 386 g/mol. The maximum absolute atomic E-state index is 12.7. The fraction of sp³-hybridized carbons (Fsp3) is 0.500. The summed E-state index contributed by atoms with van der Waals surface area (Å²) in [7, 11) is 0. The highest BCUT2D eigenvalue weighted by Crippen LogP contribution is 2.15. The van der Waals surface area contributed by atoms with Crippen molar-refractivity contribution in [3.63, 3.8) is 0 Å². The third-order valence-electron chi connectivity index (χ3n) is 5.39. The minimum absolute atomic E-state index is 0.266. The highest BCUT2D eigenvalue weighted by Gasteiger charge is 2.25. The van der Waals surface area contributed by atoms with E-state index in [4.69, 9.17) is 0 Å². The smallest absolute Gasteiger partial charge is 0.236 e. The Labute approximate surface area is 165 Å². The van der Waals surface area contributed by atoms with E-state index in [1.54, 1.807) is 0 Å². The molecule has 6 nitrogen and oxygen atoms in total. The van der Waals surface area contributed by atoms with Crippen LogP contribution in [0.15, 0.2) is 41.9 Å². The van der Waals surface area contributed by atoms with Crippen LogP contribution in [0.1, 0.15) is 4.88 Å². The lowest BCUT2D eigenvalue weighted by Gasteiger charge is -2.38. The number of aromatic nitrogens is 1. The first kappa shape index (κ1) is 18.4. The van der Waals surface area contributed by atoms with Crippen molar-refractivity contribution in [3.8, 4) is 0 Å². The largest absolute Gasteiger partial charge is 0.353 e. The molecule has 4 rings (SSSR count). The van der Waals surface area contributed by atoms with Crippen LogP contribution < -0.4 is 4.90 Å². The van der Waals surface area contributed by atoms with Crippen LogP contribution in [-0.4, -0.2) is 84.5 Å². The van der Waals surface area contributed by atoms with E-state index < -0.39 is 0 Å². The van der Waals surface area contributed by atoms with Gasteiger partial charge < -0.3 is 9.80 Å². The number of piperazine rings is 2. The first-order chi connectivity index (χ1) is 13.3. The van der Waals surface area contributed by atoms with E-state index in [2.05, 4.69) is 37.2 Å². The number of nitrogens with zero attached hydrogens (tertiary/aromatic N) is 5. The molecule has 27 heavy (non-hydrogen) atoms. The molecule has 2 saturated heterocycles. The molecule has 2 aromatic rings. The van der Waals surface area contributed by atoms with Crippen molar-refractivity contribution in [1.82, 2.24) is 19.7 Å². The molecule has 1 amide bonds. The molecule has 0 bridgehead atoms. The number of rotatable bonds is 5. The molecule has 0 radical (unpaired) electrons. The fourth-order valence-corrected chi connectivity index (χ4v) is 4.49. The van der Waals surface area contributed by atoms with Crippen molar-refractivity contribution in [3.05, 3.63) is 46.8 Å². The van der Waals surface area contributed by atoms with E-state index in [9.17, 15) is 4.79 Å². The predicted octanol–water partition coefficient (Wildman–Crippen LogP) is 1.61. The Morgan fingerprint density at radius 3 is 2.37 bits per heavy atom. The lowest BCUT2D eigenvalue weighted by Crippen LogP contribution is -2.53. The summed E-state index contributed by atoms with van der Waals surface area (Å²) in [4.78, 5) is 27.6. The highest BCUT2D eigenvalue weighted by atomic mass is 32.1. The molecule has 0 spiro atoms. The molecule has 4 heterocycles. The first-order valence-electron chi connectivity index (χ1n) is 9.69. The standard InChI is InChI=1S/C20H27N5OS/c26-20(25-13-11-24(12-14-25)19-5-1-2-6-21-19)17-23-9-7-22(8-10-23)16-18-4-3-15-27-18/h1-6,15H,7-14,16-17H2. The summed E-state index contributed by atoms with van der Waals surface area (Å²) in [5, 5.41) is 2.14. The molecule has 2 fully saturated rings. The van der Waals surface area contributed by atoms with Crippen LogP contribution in [0.2, 0.25) is 0 Å².